The van der Waals surface area contributed by atoms with E-state index in [-0.39, 0.29) is 17.6 Å². The van der Waals surface area contributed by atoms with Crippen molar-refractivity contribution >= 4 is 28.3 Å². The Morgan fingerprint density at radius 3 is 2.67 bits per heavy atom. The lowest BCUT2D eigenvalue weighted by molar-refractivity contribution is -0.140. The Bertz CT molecular complexity index is 762. The molecule has 1 saturated heterocycles. The first-order valence-corrected chi connectivity index (χ1v) is 8.39. The summed E-state index contributed by atoms with van der Waals surface area (Å²) in [5, 5.41) is 11.7. The van der Waals surface area contributed by atoms with Crippen LogP contribution in [-0.4, -0.2) is 34.0 Å². The van der Waals surface area contributed by atoms with Crippen molar-refractivity contribution in [3.8, 4) is 0 Å². The number of aromatic nitrogens is 2. The number of carbonyl (C=O) groups excluding carboxylic acids is 2. The molecule has 0 bridgehead atoms. The fourth-order valence-electron chi connectivity index (χ4n) is 2.97. The summed E-state index contributed by atoms with van der Waals surface area (Å²) in [6, 6.07) is 5.48. The molecule has 2 aromatic rings. The normalized spacial score (nSPS) is 21.0. The zero-order chi connectivity index (χ0) is 17.3. The fourth-order valence-corrected chi connectivity index (χ4v) is 3.57. The van der Waals surface area contributed by atoms with Gasteiger partial charge >= 0.3 is 0 Å². The Morgan fingerprint density at radius 2 is 2.04 bits per heavy atom. The number of rotatable bonds is 3. The van der Waals surface area contributed by atoms with Crippen molar-refractivity contribution in [1.29, 1.82) is 0 Å². The summed E-state index contributed by atoms with van der Waals surface area (Å²) in [4.78, 5) is 26.3. The Kier molecular flexibility index (Phi) is 4.57. The number of piperidine rings is 1. The van der Waals surface area contributed by atoms with E-state index in [0.29, 0.717) is 18.0 Å². The Hall–Kier alpha value is -2.35. The first-order chi connectivity index (χ1) is 11.5. The molecular formula is C16H17FN4O2S. The molecule has 1 aromatic carbocycles. The van der Waals surface area contributed by atoms with E-state index in [1.54, 1.807) is 24.1 Å². The van der Waals surface area contributed by atoms with E-state index in [2.05, 4.69) is 15.5 Å². The number of anilines is 1. The van der Waals surface area contributed by atoms with E-state index >= 15 is 0 Å². The average Bonchev–Trinajstić information content (AvgIpc) is 2.96. The van der Waals surface area contributed by atoms with Crippen molar-refractivity contribution in [3.63, 3.8) is 0 Å². The molecule has 0 saturated carbocycles. The molecule has 2 atom stereocenters. The van der Waals surface area contributed by atoms with Crippen LogP contribution in [0.4, 0.5) is 9.52 Å². The van der Waals surface area contributed by atoms with Crippen LogP contribution in [-0.2, 0) is 9.59 Å². The highest BCUT2D eigenvalue weighted by Crippen LogP contribution is 2.36. The summed E-state index contributed by atoms with van der Waals surface area (Å²) >= 11 is 1.30. The zero-order valence-corrected chi connectivity index (χ0v) is 14.1. The van der Waals surface area contributed by atoms with Crippen LogP contribution < -0.4 is 5.32 Å². The van der Waals surface area contributed by atoms with E-state index in [0.717, 1.165) is 10.6 Å². The van der Waals surface area contributed by atoms with E-state index in [4.69, 9.17) is 0 Å². The van der Waals surface area contributed by atoms with Gasteiger partial charge in [-0.3, -0.25) is 9.59 Å². The molecule has 126 valence electrons. The van der Waals surface area contributed by atoms with Crippen molar-refractivity contribution in [1.82, 2.24) is 15.1 Å². The van der Waals surface area contributed by atoms with Gasteiger partial charge in [-0.05, 0) is 31.0 Å². The van der Waals surface area contributed by atoms with Gasteiger partial charge in [0, 0.05) is 13.5 Å². The second-order valence-corrected chi connectivity index (χ2v) is 6.94. The summed E-state index contributed by atoms with van der Waals surface area (Å²) < 4.78 is 13.2. The molecule has 8 heteroatoms. The molecule has 1 aromatic heterocycles. The lowest BCUT2D eigenvalue weighted by Gasteiger charge is -2.38. The van der Waals surface area contributed by atoms with Crippen LogP contribution >= 0.6 is 11.3 Å². The third-order valence-electron chi connectivity index (χ3n) is 4.17. The van der Waals surface area contributed by atoms with Crippen molar-refractivity contribution in [2.75, 3.05) is 12.4 Å². The van der Waals surface area contributed by atoms with Gasteiger partial charge in [-0.15, -0.1) is 10.2 Å². The number of carbonyl (C=O) groups is 2. The highest BCUT2D eigenvalue weighted by Gasteiger charge is 2.39. The molecule has 6 nitrogen and oxygen atoms in total. The fraction of sp³-hybridized carbons (Fsp3) is 0.375. The third-order valence-corrected chi connectivity index (χ3v) is 4.92. The van der Waals surface area contributed by atoms with Crippen molar-refractivity contribution in [2.24, 2.45) is 5.92 Å². The summed E-state index contributed by atoms with van der Waals surface area (Å²) in [7, 11) is 1.67. The smallest absolute Gasteiger partial charge is 0.231 e. The van der Waals surface area contributed by atoms with Crippen LogP contribution in [0.25, 0.3) is 0 Å². The van der Waals surface area contributed by atoms with Crippen molar-refractivity contribution in [2.45, 2.75) is 25.8 Å². The predicted octanol–water partition coefficient (Wildman–Crippen LogP) is 2.53. The van der Waals surface area contributed by atoms with E-state index < -0.39 is 12.0 Å². The number of nitrogens with zero attached hydrogens (tertiary/aromatic N) is 3. The predicted molar refractivity (Wildman–Crippen MR) is 87.9 cm³/mol. The van der Waals surface area contributed by atoms with E-state index in [1.807, 2.05) is 6.92 Å². The van der Waals surface area contributed by atoms with Gasteiger partial charge in [-0.25, -0.2) is 4.39 Å². The molecule has 2 unspecified atom stereocenters. The SMILES string of the molecule is Cc1nnc(NC(=O)C2CCC(=O)N(C)C2c2ccc(F)cc2)s1. The molecule has 1 aliphatic heterocycles. The van der Waals surface area contributed by atoms with Gasteiger partial charge in [0.15, 0.2) is 0 Å². The quantitative estimate of drug-likeness (QED) is 0.925. The van der Waals surface area contributed by atoms with Gasteiger partial charge in [0.05, 0.1) is 12.0 Å². The average molecular weight is 348 g/mol. The minimum Gasteiger partial charge on any atom is -0.338 e. The van der Waals surface area contributed by atoms with E-state index in [1.165, 1.54) is 23.5 Å². The van der Waals surface area contributed by atoms with Crippen LogP contribution in [0.2, 0.25) is 0 Å². The lowest BCUT2D eigenvalue weighted by atomic mass is 9.84. The Morgan fingerprint density at radius 1 is 1.33 bits per heavy atom. The van der Waals surface area contributed by atoms with Crippen LogP contribution in [0, 0.1) is 18.7 Å². The van der Waals surface area contributed by atoms with Crippen LogP contribution in [0.3, 0.4) is 0 Å². The molecule has 0 spiro atoms. The minimum atomic E-state index is -0.430. The highest BCUT2D eigenvalue weighted by atomic mass is 32.1. The number of likely N-dealkylation sites (tertiary alicyclic amines) is 1. The summed E-state index contributed by atoms with van der Waals surface area (Å²) in [6.45, 7) is 1.81. The van der Waals surface area contributed by atoms with Crippen LogP contribution in [0.1, 0.15) is 29.5 Å². The van der Waals surface area contributed by atoms with E-state index in [9.17, 15) is 14.0 Å². The number of amides is 2. The topological polar surface area (TPSA) is 75.2 Å². The monoisotopic (exact) mass is 348 g/mol. The molecule has 1 aliphatic rings. The second-order valence-electron chi connectivity index (χ2n) is 5.76. The van der Waals surface area contributed by atoms with Gasteiger partial charge in [-0.1, -0.05) is 23.5 Å². The maximum atomic E-state index is 13.2. The van der Waals surface area contributed by atoms with Gasteiger partial charge in [-0.2, -0.15) is 0 Å². The molecule has 1 N–H and O–H groups in total. The second kappa shape index (κ2) is 6.64. The summed E-state index contributed by atoms with van der Waals surface area (Å²) in [5.74, 6) is -1.02. The first kappa shape index (κ1) is 16.5. The van der Waals surface area contributed by atoms with Gasteiger partial charge < -0.3 is 10.2 Å². The maximum Gasteiger partial charge on any atom is 0.231 e. The standard InChI is InChI=1S/C16H17FN4O2S/c1-9-19-20-16(24-9)18-15(23)12-7-8-13(22)21(2)14(12)10-3-5-11(17)6-4-10/h3-6,12,14H,7-8H2,1-2H3,(H,18,20,23). The lowest BCUT2D eigenvalue weighted by Crippen LogP contribution is -2.44. The molecule has 2 amide bonds. The molecule has 3 rings (SSSR count). The molecule has 1 fully saturated rings. The molecule has 2 heterocycles. The Balaban J connectivity index is 1.86. The van der Waals surface area contributed by atoms with Gasteiger partial charge in [0.2, 0.25) is 16.9 Å². The molecule has 0 radical (unpaired) electrons. The van der Waals surface area contributed by atoms with Gasteiger partial charge in [0.25, 0.3) is 0 Å². The largest absolute Gasteiger partial charge is 0.338 e. The zero-order valence-electron chi connectivity index (χ0n) is 13.3. The van der Waals surface area contributed by atoms with Crippen molar-refractivity contribution in [3.05, 3.63) is 40.7 Å². The number of benzene rings is 1. The molecule has 24 heavy (non-hydrogen) atoms. The number of hydrogen-bond donors (Lipinski definition) is 1. The number of aryl methyl sites for hydroxylation is 1. The molecule has 0 aliphatic carbocycles. The minimum absolute atomic E-state index is 0.0277. The summed E-state index contributed by atoms with van der Waals surface area (Å²) in [6.07, 6.45) is 0.746. The highest BCUT2D eigenvalue weighted by molar-refractivity contribution is 7.15. The third kappa shape index (κ3) is 3.28. The van der Waals surface area contributed by atoms with Crippen LogP contribution in [0.15, 0.2) is 24.3 Å². The van der Waals surface area contributed by atoms with Crippen LogP contribution in [0.5, 0.6) is 0 Å². The summed E-state index contributed by atoms with van der Waals surface area (Å²) in [5.41, 5.74) is 0.737. The maximum absolute atomic E-state index is 13.2. The number of hydrogen-bond acceptors (Lipinski definition) is 5. The number of nitrogens with one attached hydrogen (secondary N) is 1. The Labute approximate surface area is 142 Å². The van der Waals surface area contributed by atoms with Crippen molar-refractivity contribution < 1.29 is 14.0 Å². The first-order valence-electron chi connectivity index (χ1n) is 7.58. The number of halogens is 1. The van der Waals surface area contributed by atoms with Gasteiger partial charge in [0.1, 0.15) is 10.8 Å². The molecular weight excluding hydrogens is 331 g/mol.